The monoisotopic (exact) mass is 290 g/mol. The maximum absolute atomic E-state index is 12.1. The van der Waals surface area contributed by atoms with Gasteiger partial charge < -0.3 is 5.73 Å². The number of carbonyl (C=O) groups excluding carboxylic acids is 1. The fraction of sp³-hybridized carbons (Fsp3) is 0.357. The van der Waals surface area contributed by atoms with E-state index in [-0.39, 0.29) is 5.91 Å². The second kappa shape index (κ2) is 6.00. The average Bonchev–Trinajstić information content (AvgIpc) is 2.75. The molecular formula is C14H18N4OS. The number of carbonyl (C=O) groups is 1. The van der Waals surface area contributed by atoms with Gasteiger partial charge in [0.1, 0.15) is 5.01 Å². The summed E-state index contributed by atoms with van der Waals surface area (Å²) < 4.78 is 0. The Balaban J connectivity index is 2.09. The highest BCUT2D eigenvalue weighted by atomic mass is 32.1. The van der Waals surface area contributed by atoms with E-state index in [1.165, 1.54) is 11.3 Å². The zero-order valence-electron chi connectivity index (χ0n) is 11.8. The van der Waals surface area contributed by atoms with E-state index in [0.29, 0.717) is 22.3 Å². The number of hydrogen-bond acceptors (Lipinski definition) is 5. The smallest absolute Gasteiger partial charge is 0.259 e. The lowest BCUT2D eigenvalue weighted by Crippen LogP contribution is -2.14. The molecule has 2 aromatic rings. The van der Waals surface area contributed by atoms with Crippen LogP contribution in [0.2, 0.25) is 0 Å². The van der Waals surface area contributed by atoms with Crippen LogP contribution in [-0.2, 0) is 6.42 Å². The molecule has 2 rings (SSSR count). The van der Waals surface area contributed by atoms with Crippen LogP contribution in [0.4, 0.5) is 10.8 Å². The van der Waals surface area contributed by atoms with Crippen molar-refractivity contribution in [3.05, 3.63) is 34.3 Å². The van der Waals surface area contributed by atoms with E-state index in [1.807, 2.05) is 13.0 Å². The van der Waals surface area contributed by atoms with E-state index < -0.39 is 0 Å². The van der Waals surface area contributed by atoms with E-state index in [1.54, 1.807) is 12.1 Å². The van der Waals surface area contributed by atoms with Crippen molar-refractivity contribution in [2.45, 2.75) is 27.2 Å². The van der Waals surface area contributed by atoms with Crippen LogP contribution in [0.3, 0.4) is 0 Å². The Morgan fingerprint density at radius 3 is 2.80 bits per heavy atom. The summed E-state index contributed by atoms with van der Waals surface area (Å²) in [5.41, 5.74) is 7.80. The van der Waals surface area contributed by atoms with Crippen LogP contribution in [0.15, 0.2) is 18.2 Å². The normalized spacial score (nSPS) is 10.8. The van der Waals surface area contributed by atoms with Crippen molar-refractivity contribution in [1.82, 2.24) is 10.2 Å². The first kappa shape index (κ1) is 14.5. The van der Waals surface area contributed by atoms with Crippen LogP contribution in [0.1, 0.15) is 34.8 Å². The van der Waals surface area contributed by atoms with Gasteiger partial charge >= 0.3 is 0 Å². The molecule has 0 unspecified atom stereocenters. The first-order chi connectivity index (χ1) is 9.45. The van der Waals surface area contributed by atoms with Crippen molar-refractivity contribution in [1.29, 1.82) is 0 Å². The third-order valence-electron chi connectivity index (χ3n) is 2.72. The maximum Gasteiger partial charge on any atom is 0.259 e. The molecule has 0 atom stereocenters. The minimum Gasteiger partial charge on any atom is -0.398 e. The van der Waals surface area contributed by atoms with Gasteiger partial charge in [0, 0.05) is 12.1 Å². The first-order valence-electron chi connectivity index (χ1n) is 6.45. The van der Waals surface area contributed by atoms with Crippen molar-refractivity contribution < 1.29 is 4.79 Å². The zero-order chi connectivity index (χ0) is 14.7. The lowest BCUT2D eigenvalue weighted by Gasteiger charge is -2.05. The van der Waals surface area contributed by atoms with Crippen molar-refractivity contribution >= 4 is 28.1 Å². The van der Waals surface area contributed by atoms with Crippen molar-refractivity contribution in [2.75, 3.05) is 11.1 Å². The highest BCUT2D eigenvalue weighted by Crippen LogP contribution is 2.20. The quantitative estimate of drug-likeness (QED) is 0.848. The standard InChI is InChI=1S/C14H18N4OS/c1-8(2)6-12-17-18-14(20-12)16-13(19)10-5-4-9(3)7-11(10)15/h4-5,7-8H,6,15H2,1-3H3,(H,16,18,19). The molecule has 0 saturated carbocycles. The SMILES string of the molecule is Cc1ccc(C(=O)Nc2nnc(CC(C)C)s2)c(N)c1. The van der Waals surface area contributed by atoms with E-state index in [2.05, 4.69) is 29.4 Å². The number of nitrogens with two attached hydrogens (primary N) is 1. The highest BCUT2D eigenvalue weighted by Gasteiger charge is 2.13. The molecule has 0 fully saturated rings. The molecule has 5 nitrogen and oxygen atoms in total. The number of anilines is 2. The summed E-state index contributed by atoms with van der Waals surface area (Å²) in [6.45, 7) is 6.17. The number of nitrogens with one attached hydrogen (secondary N) is 1. The van der Waals surface area contributed by atoms with Crippen LogP contribution in [0.25, 0.3) is 0 Å². The van der Waals surface area contributed by atoms with Gasteiger partial charge in [-0.05, 0) is 30.5 Å². The molecule has 1 amide bonds. The van der Waals surface area contributed by atoms with Crippen molar-refractivity contribution in [2.24, 2.45) is 5.92 Å². The number of aryl methyl sites for hydroxylation is 1. The van der Waals surface area contributed by atoms with Crippen LogP contribution >= 0.6 is 11.3 Å². The van der Waals surface area contributed by atoms with Crippen molar-refractivity contribution in [3.8, 4) is 0 Å². The van der Waals surface area contributed by atoms with Gasteiger partial charge in [-0.2, -0.15) is 0 Å². The Kier molecular flexibility index (Phi) is 4.34. The fourth-order valence-electron chi connectivity index (χ4n) is 1.79. The summed E-state index contributed by atoms with van der Waals surface area (Å²) in [7, 11) is 0. The van der Waals surface area contributed by atoms with E-state index >= 15 is 0 Å². The van der Waals surface area contributed by atoms with Crippen LogP contribution in [0.5, 0.6) is 0 Å². The molecule has 1 heterocycles. The number of hydrogen-bond donors (Lipinski definition) is 2. The maximum atomic E-state index is 12.1. The molecule has 3 N–H and O–H groups in total. The number of nitrogens with zero attached hydrogens (tertiary/aromatic N) is 2. The van der Waals surface area contributed by atoms with Gasteiger partial charge in [-0.1, -0.05) is 31.3 Å². The molecule has 0 bridgehead atoms. The van der Waals surface area contributed by atoms with Crippen molar-refractivity contribution in [3.63, 3.8) is 0 Å². The molecule has 0 aliphatic heterocycles. The molecule has 106 valence electrons. The minimum atomic E-state index is -0.255. The van der Waals surface area contributed by atoms with E-state index in [9.17, 15) is 4.79 Å². The van der Waals surface area contributed by atoms with Gasteiger partial charge in [0.05, 0.1) is 5.56 Å². The van der Waals surface area contributed by atoms with Gasteiger partial charge in [-0.3, -0.25) is 10.1 Å². The zero-order valence-corrected chi connectivity index (χ0v) is 12.6. The summed E-state index contributed by atoms with van der Waals surface area (Å²) in [5.74, 6) is 0.258. The Labute approximate surface area is 122 Å². The Hall–Kier alpha value is -1.95. The van der Waals surface area contributed by atoms with Gasteiger partial charge in [-0.25, -0.2) is 0 Å². The second-order valence-corrected chi connectivity index (χ2v) is 6.21. The Morgan fingerprint density at radius 2 is 2.15 bits per heavy atom. The molecule has 0 saturated heterocycles. The van der Waals surface area contributed by atoms with Gasteiger partial charge in [0.2, 0.25) is 5.13 Å². The van der Waals surface area contributed by atoms with Crippen LogP contribution in [-0.4, -0.2) is 16.1 Å². The molecule has 0 radical (unpaired) electrons. The molecular weight excluding hydrogens is 272 g/mol. The molecule has 0 spiro atoms. The molecule has 0 aliphatic rings. The minimum absolute atomic E-state index is 0.255. The molecule has 1 aromatic heterocycles. The lowest BCUT2D eigenvalue weighted by molar-refractivity contribution is 0.102. The summed E-state index contributed by atoms with van der Waals surface area (Å²) in [6.07, 6.45) is 0.861. The number of nitrogen functional groups attached to an aromatic ring is 1. The number of benzene rings is 1. The summed E-state index contributed by atoms with van der Waals surface area (Å²) in [4.78, 5) is 12.1. The third kappa shape index (κ3) is 3.54. The van der Waals surface area contributed by atoms with Gasteiger partial charge in [0.15, 0.2) is 0 Å². The molecule has 1 aromatic carbocycles. The van der Waals surface area contributed by atoms with Crippen LogP contribution < -0.4 is 11.1 Å². The topological polar surface area (TPSA) is 80.9 Å². The summed E-state index contributed by atoms with van der Waals surface area (Å²) >= 11 is 1.40. The summed E-state index contributed by atoms with van der Waals surface area (Å²) in [5, 5.41) is 12.2. The first-order valence-corrected chi connectivity index (χ1v) is 7.27. The molecule has 0 aliphatic carbocycles. The largest absolute Gasteiger partial charge is 0.398 e. The van der Waals surface area contributed by atoms with E-state index in [4.69, 9.17) is 5.73 Å². The highest BCUT2D eigenvalue weighted by molar-refractivity contribution is 7.15. The second-order valence-electron chi connectivity index (χ2n) is 5.14. The molecule has 20 heavy (non-hydrogen) atoms. The number of amides is 1. The predicted molar refractivity (Wildman–Crippen MR) is 82.0 cm³/mol. The number of rotatable bonds is 4. The average molecular weight is 290 g/mol. The van der Waals surface area contributed by atoms with Gasteiger partial charge in [0.25, 0.3) is 5.91 Å². The van der Waals surface area contributed by atoms with Crippen LogP contribution in [0, 0.1) is 12.8 Å². The fourth-order valence-corrected chi connectivity index (χ4v) is 2.74. The molecule has 6 heteroatoms. The summed E-state index contributed by atoms with van der Waals surface area (Å²) in [6, 6.07) is 5.35. The van der Waals surface area contributed by atoms with E-state index in [0.717, 1.165) is 17.0 Å². The van der Waals surface area contributed by atoms with Gasteiger partial charge in [-0.15, -0.1) is 10.2 Å². The third-order valence-corrected chi connectivity index (χ3v) is 3.58. The lowest BCUT2D eigenvalue weighted by atomic mass is 10.1. The number of aromatic nitrogens is 2. The Morgan fingerprint density at radius 1 is 1.40 bits per heavy atom. The Bertz CT molecular complexity index is 621. The predicted octanol–water partition coefficient (Wildman–Crippen LogP) is 2.88.